The summed E-state index contributed by atoms with van der Waals surface area (Å²) in [5.41, 5.74) is 5.14. The minimum absolute atomic E-state index is 0.865. The summed E-state index contributed by atoms with van der Waals surface area (Å²) in [6, 6.07) is 4.22. The maximum Gasteiger partial charge on any atom is 0.0910 e. The summed E-state index contributed by atoms with van der Waals surface area (Å²) in [7, 11) is 0. The maximum absolute atomic E-state index is 3.74. The van der Waals surface area contributed by atoms with Crippen LogP contribution in [-0.2, 0) is 13.1 Å². The lowest BCUT2D eigenvalue weighted by atomic mass is 10.0. The van der Waals surface area contributed by atoms with Crippen LogP contribution in [-0.4, -0.2) is 6.67 Å². The van der Waals surface area contributed by atoms with Crippen LogP contribution in [0.15, 0.2) is 39.0 Å². The average molecular weight is 696 g/mol. The topological polar surface area (TPSA) is 6.48 Å². The van der Waals surface area contributed by atoms with Crippen molar-refractivity contribution in [3.63, 3.8) is 0 Å². The summed E-state index contributed by atoms with van der Waals surface area (Å²) >= 11 is 22.2. The van der Waals surface area contributed by atoms with Crippen LogP contribution in [0.1, 0.15) is 11.1 Å². The number of benzene rings is 2. The third kappa shape index (κ3) is 2.70. The van der Waals surface area contributed by atoms with Gasteiger partial charge in [-0.25, -0.2) is 0 Å². The van der Waals surface area contributed by atoms with Crippen molar-refractivity contribution < 1.29 is 0 Å². The smallest absolute Gasteiger partial charge is 0.0910 e. The molecule has 0 saturated carbocycles. The van der Waals surface area contributed by atoms with Crippen molar-refractivity contribution in [1.29, 1.82) is 0 Å². The quantitative estimate of drug-likeness (QED) is 0.263. The molecule has 0 fully saturated rings. The first-order chi connectivity index (χ1) is 10.9. The molecule has 0 spiro atoms. The standard InChI is InChI=1S/C15H8Br6N2/c16-8-1-10(18)14-6(12(8)20)3-23-5-22(14)4-7-13(21)9(17)2-11(19)15(7)23/h1-2H,3-5H2. The van der Waals surface area contributed by atoms with Gasteiger partial charge in [0.25, 0.3) is 0 Å². The molecule has 2 aromatic carbocycles. The van der Waals surface area contributed by atoms with Crippen LogP contribution in [0.25, 0.3) is 0 Å². The van der Waals surface area contributed by atoms with Gasteiger partial charge >= 0.3 is 0 Å². The van der Waals surface area contributed by atoms with Crippen LogP contribution in [0.2, 0.25) is 0 Å². The van der Waals surface area contributed by atoms with Crippen LogP contribution >= 0.6 is 95.6 Å². The van der Waals surface area contributed by atoms with Gasteiger partial charge in [-0.15, -0.1) is 0 Å². The number of halogens is 6. The van der Waals surface area contributed by atoms with E-state index in [1.54, 1.807) is 0 Å². The molecule has 2 aliphatic rings. The van der Waals surface area contributed by atoms with Crippen LogP contribution in [0, 0.1) is 0 Å². The van der Waals surface area contributed by atoms with Gasteiger partial charge in [0.05, 0.1) is 18.0 Å². The molecule has 23 heavy (non-hydrogen) atoms. The van der Waals surface area contributed by atoms with Crippen molar-refractivity contribution in [2.45, 2.75) is 13.1 Å². The van der Waals surface area contributed by atoms with E-state index in [0.717, 1.165) is 46.6 Å². The van der Waals surface area contributed by atoms with Gasteiger partial charge in [0.2, 0.25) is 0 Å². The first-order valence-corrected chi connectivity index (χ1v) is 11.5. The summed E-state index contributed by atoms with van der Waals surface area (Å²) in [4.78, 5) is 4.82. The lowest BCUT2D eigenvalue weighted by Crippen LogP contribution is -2.46. The fraction of sp³-hybridized carbons (Fsp3) is 0.200. The van der Waals surface area contributed by atoms with Gasteiger partial charge in [0, 0.05) is 51.1 Å². The molecule has 2 aliphatic heterocycles. The molecule has 0 aromatic heterocycles. The molecule has 2 nitrogen and oxygen atoms in total. The first kappa shape index (κ1) is 17.3. The normalized spacial score (nSPS) is 15.6. The Morgan fingerprint density at radius 2 is 1.00 bits per heavy atom. The molecule has 0 N–H and O–H groups in total. The molecule has 4 rings (SSSR count). The van der Waals surface area contributed by atoms with Crippen molar-refractivity contribution in [1.82, 2.24) is 0 Å². The van der Waals surface area contributed by atoms with Crippen LogP contribution in [0.4, 0.5) is 11.4 Å². The van der Waals surface area contributed by atoms with Crippen molar-refractivity contribution in [2.75, 3.05) is 16.5 Å². The highest BCUT2D eigenvalue weighted by atomic mass is 79.9. The van der Waals surface area contributed by atoms with E-state index in [0.29, 0.717) is 0 Å². The third-order valence-corrected chi connectivity index (χ3v) is 9.49. The van der Waals surface area contributed by atoms with Crippen LogP contribution < -0.4 is 9.80 Å². The molecule has 0 saturated heterocycles. The van der Waals surface area contributed by atoms with E-state index in [2.05, 4.69) is 118 Å². The van der Waals surface area contributed by atoms with Gasteiger partial charge in [0.15, 0.2) is 0 Å². The Hall–Kier alpha value is 0.920. The minimum atomic E-state index is 0.865. The van der Waals surface area contributed by atoms with Gasteiger partial charge in [0.1, 0.15) is 0 Å². The van der Waals surface area contributed by atoms with Gasteiger partial charge in [-0.3, -0.25) is 0 Å². The maximum atomic E-state index is 3.74. The summed E-state index contributed by atoms with van der Waals surface area (Å²) in [5.74, 6) is 0. The Labute approximate surface area is 184 Å². The van der Waals surface area contributed by atoms with E-state index in [1.165, 1.54) is 22.5 Å². The zero-order chi connectivity index (χ0) is 16.5. The molecule has 8 heteroatoms. The van der Waals surface area contributed by atoms with Crippen molar-refractivity contribution in [3.8, 4) is 0 Å². The molecular formula is C15H8Br6N2. The number of anilines is 2. The van der Waals surface area contributed by atoms with E-state index in [1.807, 2.05) is 0 Å². The van der Waals surface area contributed by atoms with E-state index >= 15 is 0 Å². The van der Waals surface area contributed by atoms with E-state index in [-0.39, 0.29) is 0 Å². The fourth-order valence-corrected chi connectivity index (χ4v) is 7.07. The zero-order valence-electron chi connectivity index (χ0n) is 11.4. The number of hydrogen-bond donors (Lipinski definition) is 0. The summed E-state index contributed by atoms with van der Waals surface area (Å²) in [5, 5.41) is 0. The largest absolute Gasteiger partial charge is 0.348 e. The summed E-state index contributed by atoms with van der Waals surface area (Å²) in [6.07, 6.45) is 0. The van der Waals surface area contributed by atoms with Gasteiger partial charge in [-0.2, -0.15) is 0 Å². The lowest BCUT2D eigenvalue weighted by Gasteiger charge is -2.46. The van der Waals surface area contributed by atoms with Crippen molar-refractivity contribution in [3.05, 3.63) is 50.1 Å². The highest BCUT2D eigenvalue weighted by molar-refractivity contribution is 9.13. The summed E-state index contributed by atoms with van der Waals surface area (Å²) < 4.78 is 6.64. The monoisotopic (exact) mass is 690 g/mol. The predicted molar refractivity (Wildman–Crippen MR) is 116 cm³/mol. The van der Waals surface area contributed by atoms with E-state index in [9.17, 15) is 0 Å². The molecule has 0 radical (unpaired) electrons. The van der Waals surface area contributed by atoms with Crippen LogP contribution in [0.5, 0.6) is 0 Å². The van der Waals surface area contributed by atoms with E-state index in [4.69, 9.17) is 0 Å². The fourth-order valence-electron chi connectivity index (χ4n) is 3.23. The van der Waals surface area contributed by atoms with Gasteiger partial charge in [-0.1, -0.05) is 0 Å². The molecule has 120 valence electrons. The highest BCUT2D eigenvalue weighted by Gasteiger charge is 2.35. The van der Waals surface area contributed by atoms with Crippen LogP contribution in [0.3, 0.4) is 0 Å². The number of rotatable bonds is 0. The molecule has 2 aromatic rings. The summed E-state index contributed by atoms with van der Waals surface area (Å²) in [6.45, 7) is 2.62. The predicted octanol–water partition coefficient (Wildman–Crippen LogP) is 7.56. The molecule has 2 bridgehead atoms. The Morgan fingerprint density at radius 1 is 0.609 bits per heavy atom. The molecule has 0 unspecified atom stereocenters. The van der Waals surface area contributed by atoms with Gasteiger partial charge < -0.3 is 9.80 Å². The van der Waals surface area contributed by atoms with E-state index < -0.39 is 0 Å². The number of hydrogen-bond acceptors (Lipinski definition) is 2. The van der Waals surface area contributed by atoms with Crippen molar-refractivity contribution in [2.24, 2.45) is 0 Å². The second-order valence-electron chi connectivity index (χ2n) is 5.50. The average Bonchev–Trinajstić information content (AvgIpc) is 2.49. The van der Waals surface area contributed by atoms with Gasteiger partial charge in [-0.05, 0) is 108 Å². The first-order valence-electron chi connectivity index (χ1n) is 6.71. The lowest BCUT2D eigenvalue weighted by molar-refractivity contribution is 0.644. The second kappa shape index (κ2) is 6.27. The number of fused-ring (bicyclic) bond motifs is 6. The molecular weight excluding hydrogens is 688 g/mol. The zero-order valence-corrected chi connectivity index (χ0v) is 21.0. The Bertz CT molecular complexity index is 781. The second-order valence-corrected chi connectivity index (χ2v) is 10.5. The molecule has 2 heterocycles. The molecule has 0 amide bonds. The SMILES string of the molecule is Brc1cc(Br)c2c(c1Br)CN1CN2Cc2c(Br)c(Br)cc(Br)c21. The van der Waals surface area contributed by atoms with Crippen molar-refractivity contribution >= 4 is 107 Å². The molecule has 0 aliphatic carbocycles. The minimum Gasteiger partial charge on any atom is -0.348 e. The third-order valence-electron chi connectivity index (χ3n) is 4.15. The highest BCUT2D eigenvalue weighted by Crippen LogP contribution is 2.50. The molecule has 0 atom stereocenters. The Morgan fingerprint density at radius 3 is 1.39 bits per heavy atom. The Balaban J connectivity index is 1.94. The number of nitrogens with zero attached hydrogens (tertiary/aromatic N) is 2. The Kier molecular flexibility index (Phi) is 4.72.